The standard InChI is InChI=1S/C12H19N3O2S2/c1-8-5-6-14-11(9(8)10(13)18)15-7-12(2,3)19(4,16)17/h5-6H,7H2,1-4H3,(H2,13,18)(H,14,15). The number of anilines is 1. The molecule has 19 heavy (non-hydrogen) atoms. The van der Waals surface area contributed by atoms with Crippen molar-refractivity contribution in [1.82, 2.24) is 4.98 Å². The van der Waals surface area contributed by atoms with Crippen molar-refractivity contribution < 1.29 is 8.42 Å². The number of thiocarbonyl (C=S) groups is 1. The van der Waals surface area contributed by atoms with Crippen molar-refractivity contribution in [2.24, 2.45) is 5.73 Å². The van der Waals surface area contributed by atoms with Crippen LogP contribution in [0.25, 0.3) is 0 Å². The third kappa shape index (κ3) is 3.63. The molecule has 1 rings (SSSR count). The molecule has 5 nitrogen and oxygen atoms in total. The summed E-state index contributed by atoms with van der Waals surface area (Å²) in [5, 5.41) is 3.02. The van der Waals surface area contributed by atoms with E-state index in [2.05, 4.69) is 10.3 Å². The first kappa shape index (κ1) is 15.8. The zero-order valence-corrected chi connectivity index (χ0v) is 13.2. The van der Waals surface area contributed by atoms with Crippen LogP contribution in [0.3, 0.4) is 0 Å². The first-order valence-electron chi connectivity index (χ1n) is 5.75. The Labute approximate surface area is 119 Å². The van der Waals surface area contributed by atoms with Gasteiger partial charge in [0.05, 0.1) is 10.3 Å². The van der Waals surface area contributed by atoms with Crippen LogP contribution < -0.4 is 11.1 Å². The van der Waals surface area contributed by atoms with Crippen LogP contribution in [0.1, 0.15) is 25.0 Å². The maximum Gasteiger partial charge on any atom is 0.154 e. The van der Waals surface area contributed by atoms with E-state index in [9.17, 15) is 8.42 Å². The van der Waals surface area contributed by atoms with Crippen LogP contribution >= 0.6 is 12.2 Å². The summed E-state index contributed by atoms with van der Waals surface area (Å²) in [7, 11) is -3.17. The average Bonchev–Trinajstić information content (AvgIpc) is 2.24. The Morgan fingerprint density at radius 2 is 2.11 bits per heavy atom. The minimum absolute atomic E-state index is 0.234. The van der Waals surface area contributed by atoms with Crippen molar-refractivity contribution in [3.05, 3.63) is 23.4 Å². The van der Waals surface area contributed by atoms with Gasteiger partial charge in [0.1, 0.15) is 10.8 Å². The van der Waals surface area contributed by atoms with Gasteiger partial charge in [0.25, 0.3) is 0 Å². The largest absolute Gasteiger partial charge is 0.389 e. The van der Waals surface area contributed by atoms with Gasteiger partial charge in [-0.1, -0.05) is 12.2 Å². The van der Waals surface area contributed by atoms with Gasteiger partial charge >= 0.3 is 0 Å². The normalized spacial score (nSPS) is 12.2. The molecule has 0 aliphatic rings. The number of nitrogens with zero attached hydrogens (tertiary/aromatic N) is 1. The van der Waals surface area contributed by atoms with Crippen molar-refractivity contribution >= 4 is 32.9 Å². The lowest BCUT2D eigenvalue weighted by atomic mass is 10.1. The number of nitrogens with one attached hydrogen (secondary N) is 1. The van der Waals surface area contributed by atoms with Gasteiger partial charge in [0.2, 0.25) is 0 Å². The predicted molar refractivity (Wildman–Crippen MR) is 82.3 cm³/mol. The Balaban J connectivity index is 3.03. The highest BCUT2D eigenvalue weighted by atomic mass is 32.2. The van der Waals surface area contributed by atoms with Crippen LogP contribution in [-0.2, 0) is 9.84 Å². The summed E-state index contributed by atoms with van der Waals surface area (Å²) in [6.45, 7) is 5.43. The maximum absolute atomic E-state index is 11.6. The predicted octanol–water partition coefficient (Wildman–Crippen LogP) is 1.26. The molecule has 106 valence electrons. The van der Waals surface area contributed by atoms with Gasteiger partial charge < -0.3 is 11.1 Å². The molecule has 3 N–H and O–H groups in total. The van der Waals surface area contributed by atoms with Gasteiger partial charge in [-0.15, -0.1) is 0 Å². The Hall–Kier alpha value is -1.21. The summed E-state index contributed by atoms with van der Waals surface area (Å²) in [5.74, 6) is 0.518. The highest BCUT2D eigenvalue weighted by Crippen LogP contribution is 2.20. The van der Waals surface area contributed by atoms with Crippen molar-refractivity contribution in [3.63, 3.8) is 0 Å². The van der Waals surface area contributed by atoms with Gasteiger partial charge in [0.15, 0.2) is 9.84 Å². The Kier molecular flexibility index (Phi) is 4.52. The van der Waals surface area contributed by atoms with E-state index in [-0.39, 0.29) is 11.5 Å². The van der Waals surface area contributed by atoms with Crippen molar-refractivity contribution in [1.29, 1.82) is 0 Å². The minimum atomic E-state index is -3.17. The molecule has 0 bridgehead atoms. The van der Waals surface area contributed by atoms with Crippen molar-refractivity contribution in [2.75, 3.05) is 18.1 Å². The molecule has 7 heteroatoms. The first-order chi connectivity index (χ1) is 8.56. The molecular formula is C12H19N3O2S2. The molecule has 0 fully saturated rings. The summed E-state index contributed by atoms with van der Waals surface area (Å²) < 4.78 is 22.4. The second-order valence-electron chi connectivity index (χ2n) is 5.10. The molecule has 0 aromatic carbocycles. The first-order valence-corrected chi connectivity index (χ1v) is 8.05. The molecule has 1 heterocycles. The Morgan fingerprint density at radius 1 is 1.53 bits per heavy atom. The number of nitrogens with two attached hydrogens (primary N) is 1. The van der Waals surface area contributed by atoms with Crippen LogP contribution in [-0.4, -0.2) is 35.9 Å². The van der Waals surface area contributed by atoms with E-state index in [0.717, 1.165) is 5.56 Å². The van der Waals surface area contributed by atoms with Crippen LogP contribution in [0, 0.1) is 6.92 Å². The van der Waals surface area contributed by atoms with E-state index in [4.69, 9.17) is 18.0 Å². The molecule has 1 aromatic rings. The summed E-state index contributed by atoms with van der Waals surface area (Å²) in [6, 6.07) is 1.81. The molecule has 0 aliphatic heterocycles. The molecule has 0 amide bonds. The second-order valence-corrected chi connectivity index (χ2v) is 8.19. The van der Waals surface area contributed by atoms with Crippen LogP contribution in [0.2, 0.25) is 0 Å². The van der Waals surface area contributed by atoms with Crippen LogP contribution in [0.5, 0.6) is 0 Å². The van der Waals surface area contributed by atoms with E-state index in [1.165, 1.54) is 6.26 Å². The summed E-state index contributed by atoms with van der Waals surface area (Å²) in [4.78, 5) is 4.41. The molecule has 0 saturated carbocycles. The fourth-order valence-corrected chi connectivity index (χ4v) is 2.02. The summed E-state index contributed by atoms with van der Waals surface area (Å²) in [5.41, 5.74) is 7.23. The molecule has 0 atom stereocenters. The van der Waals surface area contributed by atoms with Crippen LogP contribution in [0.4, 0.5) is 5.82 Å². The monoisotopic (exact) mass is 301 g/mol. The molecular weight excluding hydrogens is 282 g/mol. The summed E-state index contributed by atoms with van der Waals surface area (Å²) >= 11 is 5.00. The lowest BCUT2D eigenvalue weighted by Crippen LogP contribution is -2.38. The zero-order chi connectivity index (χ0) is 14.8. The number of pyridine rings is 1. The number of hydrogen-bond donors (Lipinski definition) is 2. The molecule has 0 unspecified atom stereocenters. The lowest BCUT2D eigenvalue weighted by molar-refractivity contribution is 0.559. The number of aryl methyl sites for hydroxylation is 1. The second kappa shape index (κ2) is 5.42. The molecule has 0 radical (unpaired) electrons. The zero-order valence-electron chi connectivity index (χ0n) is 11.5. The molecule has 0 saturated heterocycles. The fourth-order valence-electron chi connectivity index (χ4n) is 1.43. The van der Waals surface area contributed by atoms with E-state index < -0.39 is 14.6 Å². The van der Waals surface area contributed by atoms with Crippen molar-refractivity contribution in [2.45, 2.75) is 25.5 Å². The fraction of sp³-hybridized carbons (Fsp3) is 0.500. The number of rotatable bonds is 5. The maximum atomic E-state index is 11.6. The van der Waals surface area contributed by atoms with Gasteiger partial charge in [-0.3, -0.25) is 0 Å². The summed E-state index contributed by atoms with van der Waals surface area (Å²) in [6.07, 6.45) is 2.85. The highest BCUT2D eigenvalue weighted by Gasteiger charge is 2.30. The quantitative estimate of drug-likeness (QED) is 0.796. The van der Waals surface area contributed by atoms with E-state index in [1.807, 2.05) is 6.92 Å². The minimum Gasteiger partial charge on any atom is -0.389 e. The van der Waals surface area contributed by atoms with Gasteiger partial charge in [-0.2, -0.15) is 0 Å². The molecule has 0 aliphatic carbocycles. The van der Waals surface area contributed by atoms with Crippen molar-refractivity contribution in [3.8, 4) is 0 Å². The lowest BCUT2D eigenvalue weighted by Gasteiger charge is -2.24. The Bertz CT molecular complexity index is 595. The van der Waals surface area contributed by atoms with Gasteiger partial charge in [-0.05, 0) is 32.4 Å². The third-order valence-electron chi connectivity index (χ3n) is 3.09. The molecule has 0 spiro atoms. The Morgan fingerprint density at radius 3 is 2.58 bits per heavy atom. The van der Waals surface area contributed by atoms with Gasteiger partial charge in [-0.25, -0.2) is 13.4 Å². The average molecular weight is 301 g/mol. The van der Waals surface area contributed by atoms with E-state index in [0.29, 0.717) is 11.4 Å². The number of hydrogen-bond acceptors (Lipinski definition) is 5. The van der Waals surface area contributed by atoms with E-state index in [1.54, 1.807) is 26.1 Å². The number of sulfone groups is 1. The molecule has 1 aromatic heterocycles. The smallest absolute Gasteiger partial charge is 0.154 e. The van der Waals surface area contributed by atoms with Gasteiger partial charge in [0, 0.05) is 19.0 Å². The van der Waals surface area contributed by atoms with Crippen LogP contribution in [0.15, 0.2) is 12.3 Å². The third-order valence-corrected chi connectivity index (χ3v) is 5.45. The van der Waals surface area contributed by atoms with E-state index >= 15 is 0 Å². The SMILES string of the molecule is Cc1ccnc(NCC(C)(C)S(C)(=O)=O)c1C(N)=S. The highest BCUT2D eigenvalue weighted by molar-refractivity contribution is 7.92. The topological polar surface area (TPSA) is 85.1 Å². The number of aromatic nitrogens is 1.